The number of ether oxygens (including phenoxy) is 2. The average Bonchev–Trinajstić information content (AvgIpc) is 2.59. The summed E-state index contributed by atoms with van der Waals surface area (Å²) in [4.78, 5) is 0. The van der Waals surface area contributed by atoms with Crippen molar-refractivity contribution in [2.45, 2.75) is 38.5 Å². The minimum absolute atomic E-state index is 0.562. The number of hydrogen-bond donors (Lipinski definition) is 0. The smallest absolute Gasteiger partial charge is 0.118 e. The van der Waals surface area contributed by atoms with Crippen molar-refractivity contribution in [3.63, 3.8) is 0 Å². The Balaban J connectivity index is 1.89. The summed E-state index contributed by atoms with van der Waals surface area (Å²) in [5.41, 5.74) is 2.76. The highest BCUT2D eigenvalue weighted by molar-refractivity contribution is 5.30. The van der Waals surface area contributed by atoms with Gasteiger partial charge in [0.05, 0.1) is 14.2 Å². The first kappa shape index (κ1) is 16.4. The quantitative estimate of drug-likeness (QED) is 0.682. The van der Waals surface area contributed by atoms with Crippen LogP contribution in [0.1, 0.15) is 49.7 Å². The maximum atomic E-state index is 5.21. The molecule has 0 spiro atoms. The Morgan fingerprint density at radius 1 is 0.636 bits per heavy atom. The van der Waals surface area contributed by atoms with E-state index >= 15 is 0 Å². The summed E-state index contributed by atoms with van der Waals surface area (Å²) in [6, 6.07) is 16.8. The molecule has 0 amide bonds. The molecule has 0 N–H and O–H groups in total. The van der Waals surface area contributed by atoms with Gasteiger partial charge in [-0.25, -0.2) is 0 Å². The Morgan fingerprint density at radius 3 is 1.23 bits per heavy atom. The van der Waals surface area contributed by atoms with E-state index in [9.17, 15) is 0 Å². The van der Waals surface area contributed by atoms with Crippen LogP contribution in [0.15, 0.2) is 48.5 Å². The Labute approximate surface area is 134 Å². The largest absolute Gasteiger partial charge is 0.497 e. The second kappa shape index (κ2) is 7.88. The molecule has 0 heterocycles. The Kier molecular flexibility index (Phi) is 5.88. The standard InChI is InChI=1S/C20H26O2/c1-15(17-7-11-19(21-3)12-8-17)5-6-16(2)18-9-13-20(22-4)14-10-18/h7-16H,5-6H2,1-4H3. The molecule has 2 unspecified atom stereocenters. The Hall–Kier alpha value is -1.96. The summed E-state index contributed by atoms with van der Waals surface area (Å²) in [5.74, 6) is 2.96. The molecule has 2 nitrogen and oxygen atoms in total. The van der Waals surface area contributed by atoms with Gasteiger partial charge in [-0.1, -0.05) is 38.1 Å². The van der Waals surface area contributed by atoms with Gasteiger partial charge in [-0.05, 0) is 60.1 Å². The van der Waals surface area contributed by atoms with Crippen molar-refractivity contribution in [2.24, 2.45) is 0 Å². The van der Waals surface area contributed by atoms with Crippen LogP contribution in [0.3, 0.4) is 0 Å². The number of benzene rings is 2. The maximum absolute atomic E-state index is 5.21. The van der Waals surface area contributed by atoms with Crippen molar-refractivity contribution < 1.29 is 9.47 Å². The molecule has 0 radical (unpaired) electrons. The lowest BCUT2D eigenvalue weighted by Gasteiger charge is -2.17. The number of hydrogen-bond acceptors (Lipinski definition) is 2. The maximum Gasteiger partial charge on any atom is 0.118 e. The zero-order chi connectivity index (χ0) is 15.9. The highest BCUT2D eigenvalue weighted by Gasteiger charge is 2.10. The van der Waals surface area contributed by atoms with Crippen molar-refractivity contribution >= 4 is 0 Å². The molecule has 2 aromatic carbocycles. The van der Waals surface area contributed by atoms with Gasteiger partial charge >= 0.3 is 0 Å². The van der Waals surface area contributed by atoms with Crippen LogP contribution in [0.5, 0.6) is 11.5 Å². The summed E-state index contributed by atoms with van der Waals surface area (Å²) in [6.45, 7) is 4.59. The predicted molar refractivity (Wildman–Crippen MR) is 92.1 cm³/mol. The minimum atomic E-state index is 0.562. The van der Waals surface area contributed by atoms with Crippen LogP contribution in [-0.4, -0.2) is 14.2 Å². The third-order valence-electron chi connectivity index (χ3n) is 4.40. The first-order chi connectivity index (χ1) is 10.6. The van der Waals surface area contributed by atoms with E-state index < -0.39 is 0 Å². The van der Waals surface area contributed by atoms with E-state index in [-0.39, 0.29) is 0 Å². The SMILES string of the molecule is COc1ccc(C(C)CCC(C)c2ccc(OC)cc2)cc1. The van der Waals surface area contributed by atoms with Gasteiger partial charge < -0.3 is 9.47 Å². The molecule has 2 atom stereocenters. The third-order valence-corrected chi connectivity index (χ3v) is 4.40. The molecule has 0 aliphatic heterocycles. The molecule has 0 fully saturated rings. The van der Waals surface area contributed by atoms with Crippen molar-refractivity contribution in [2.75, 3.05) is 14.2 Å². The molecule has 2 rings (SSSR count). The predicted octanol–water partition coefficient (Wildman–Crippen LogP) is 5.39. The topological polar surface area (TPSA) is 18.5 Å². The van der Waals surface area contributed by atoms with Crippen molar-refractivity contribution in [1.82, 2.24) is 0 Å². The third kappa shape index (κ3) is 4.27. The van der Waals surface area contributed by atoms with Gasteiger partial charge in [-0.15, -0.1) is 0 Å². The normalized spacial score (nSPS) is 13.5. The van der Waals surface area contributed by atoms with E-state index in [0.717, 1.165) is 11.5 Å². The molecular weight excluding hydrogens is 272 g/mol. The van der Waals surface area contributed by atoms with Crippen LogP contribution in [0.2, 0.25) is 0 Å². The van der Waals surface area contributed by atoms with E-state index in [1.807, 2.05) is 24.3 Å². The highest BCUT2D eigenvalue weighted by Crippen LogP contribution is 2.29. The van der Waals surface area contributed by atoms with E-state index in [1.54, 1.807) is 14.2 Å². The summed E-state index contributed by atoms with van der Waals surface area (Å²) >= 11 is 0. The van der Waals surface area contributed by atoms with Crippen molar-refractivity contribution in [1.29, 1.82) is 0 Å². The number of methoxy groups -OCH3 is 2. The zero-order valence-electron chi connectivity index (χ0n) is 14.0. The first-order valence-electron chi connectivity index (χ1n) is 7.92. The van der Waals surface area contributed by atoms with Gasteiger partial charge in [0, 0.05) is 0 Å². The van der Waals surface area contributed by atoms with Crippen LogP contribution in [-0.2, 0) is 0 Å². The molecule has 0 bridgehead atoms. The Morgan fingerprint density at radius 2 is 0.955 bits per heavy atom. The lowest BCUT2D eigenvalue weighted by Crippen LogP contribution is -1.99. The highest BCUT2D eigenvalue weighted by atomic mass is 16.5. The molecular formula is C20H26O2. The van der Waals surface area contributed by atoms with Crippen LogP contribution in [0.25, 0.3) is 0 Å². The lowest BCUT2D eigenvalue weighted by molar-refractivity contribution is 0.414. The molecule has 0 saturated heterocycles. The van der Waals surface area contributed by atoms with Gasteiger partial charge in [0.2, 0.25) is 0 Å². The van der Waals surface area contributed by atoms with Crippen molar-refractivity contribution in [3.05, 3.63) is 59.7 Å². The molecule has 118 valence electrons. The van der Waals surface area contributed by atoms with Gasteiger partial charge in [0.1, 0.15) is 11.5 Å². The summed E-state index contributed by atoms with van der Waals surface area (Å²) in [7, 11) is 3.41. The first-order valence-corrected chi connectivity index (χ1v) is 7.92. The van der Waals surface area contributed by atoms with Crippen LogP contribution >= 0.6 is 0 Å². The zero-order valence-corrected chi connectivity index (χ0v) is 14.0. The fraction of sp³-hybridized carbons (Fsp3) is 0.400. The molecule has 2 heteroatoms. The lowest BCUT2D eigenvalue weighted by atomic mass is 9.89. The van der Waals surface area contributed by atoms with Gasteiger partial charge in [0.15, 0.2) is 0 Å². The van der Waals surface area contributed by atoms with Gasteiger partial charge in [-0.2, -0.15) is 0 Å². The fourth-order valence-corrected chi connectivity index (χ4v) is 2.70. The van der Waals surface area contributed by atoms with E-state index in [1.165, 1.54) is 24.0 Å². The monoisotopic (exact) mass is 298 g/mol. The van der Waals surface area contributed by atoms with Gasteiger partial charge in [0.25, 0.3) is 0 Å². The second-order valence-corrected chi connectivity index (χ2v) is 5.93. The minimum Gasteiger partial charge on any atom is -0.497 e. The molecule has 0 aliphatic rings. The molecule has 0 aliphatic carbocycles. The Bertz CT molecular complexity index is 504. The van der Waals surface area contributed by atoms with Crippen LogP contribution < -0.4 is 9.47 Å². The number of rotatable bonds is 7. The fourth-order valence-electron chi connectivity index (χ4n) is 2.70. The molecule has 2 aromatic rings. The molecule has 22 heavy (non-hydrogen) atoms. The van der Waals surface area contributed by atoms with E-state index in [0.29, 0.717) is 11.8 Å². The average molecular weight is 298 g/mol. The molecule has 0 aromatic heterocycles. The summed E-state index contributed by atoms with van der Waals surface area (Å²) in [5, 5.41) is 0. The van der Waals surface area contributed by atoms with E-state index in [4.69, 9.17) is 9.47 Å². The summed E-state index contributed by atoms with van der Waals surface area (Å²) < 4.78 is 10.4. The molecule has 0 saturated carbocycles. The van der Waals surface area contributed by atoms with Gasteiger partial charge in [-0.3, -0.25) is 0 Å². The van der Waals surface area contributed by atoms with Crippen LogP contribution in [0, 0.1) is 0 Å². The van der Waals surface area contributed by atoms with Crippen molar-refractivity contribution in [3.8, 4) is 11.5 Å². The van der Waals surface area contributed by atoms with Crippen LogP contribution in [0.4, 0.5) is 0 Å². The summed E-state index contributed by atoms with van der Waals surface area (Å²) in [6.07, 6.45) is 2.36. The second-order valence-electron chi connectivity index (χ2n) is 5.93. The van der Waals surface area contributed by atoms with E-state index in [2.05, 4.69) is 38.1 Å².